The summed E-state index contributed by atoms with van der Waals surface area (Å²) in [5.74, 6) is 3.02. The molecule has 0 aliphatic carbocycles. The van der Waals surface area contributed by atoms with Gasteiger partial charge in [-0.15, -0.1) is 0 Å². The number of aromatic nitrogens is 3. The number of hydrogen-bond acceptors (Lipinski definition) is 5. The van der Waals surface area contributed by atoms with Crippen LogP contribution in [-0.4, -0.2) is 41.5 Å². The van der Waals surface area contributed by atoms with Crippen LogP contribution in [0.4, 0.5) is 0 Å². The lowest BCUT2D eigenvalue weighted by molar-refractivity contribution is 0.294. The lowest BCUT2D eigenvalue weighted by Crippen LogP contribution is -2.36. The number of aryl methyl sites for hydroxylation is 1. The van der Waals surface area contributed by atoms with Gasteiger partial charge < -0.3 is 20.1 Å². The van der Waals surface area contributed by atoms with Gasteiger partial charge in [-0.1, -0.05) is 13.0 Å². The summed E-state index contributed by atoms with van der Waals surface area (Å²) >= 11 is 0. The number of benzene rings is 1. The second kappa shape index (κ2) is 9.51. The maximum absolute atomic E-state index is 5.67. The molecule has 8 nitrogen and oxygen atoms in total. The molecule has 1 aromatic heterocycles. The van der Waals surface area contributed by atoms with Crippen LogP contribution in [0.3, 0.4) is 0 Å². The SMILES string of the molecule is CCCOc1ccc(CNC(=NC)NCc2ncnn2C)cc1OC. The normalized spacial score (nSPS) is 11.3. The molecule has 1 aromatic carbocycles. The van der Waals surface area contributed by atoms with E-state index in [4.69, 9.17) is 9.47 Å². The zero-order valence-electron chi connectivity index (χ0n) is 15.2. The molecule has 0 unspecified atom stereocenters. The van der Waals surface area contributed by atoms with E-state index in [1.807, 2.05) is 25.2 Å². The third-order valence-electron chi connectivity index (χ3n) is 3.59. The summed E-state index contributed by atoms with van der Waals surface area (Å²) in [5.41, 5.74) is 1.07. The molecule has 0 spiro atoms. The van der Waals surface area contributed by atoms with Crippen molar-refractivity contribution in [1.29, 1.82) is 0 Å². The Morgan fingerprint density at radius 2 is 2.04 bits per heavy atom. The highest BCUT2D eigenvalue weighted by Crippen LogP contribution is 2.28. The molecule has 0 atom stereocenters. The fourth-order valence-electron chi connectivity index (χ4n) is 2.20. The summed E-state index contributed by atoms with van der Waals surface area (Å²) in [5, 5.41) is 10.5. The predicted molar refractivity (Wildman–Crippen MR) is 96.8 cm³/mol. The summed E-state index contributed by atoms with van der Waals surface area (Å²) < 4.78 is 12.8. The summed E-state index contributed by atoms with van der Waals surface area (Å²) in [6.45, 7) is 3.91. The third kappa shape index (κ3) is 5.37. The second-order valence-electron chi connectivity index (χ2n) is 5.41. The molecule has 0 bridgehead atoms. The van der Waals surface area contributed by atoms with Gasteiger partial charge in [-0.05, 0) is 24.1 Å². The molecule has 136 valence electrons. The summed E-state index contributed by atoms with van der Waals surface area (Å²) in [4.78, 5) is 8.39. The molecule has 0 fully saturated rings. The van der Waals surface area contributed by atoms with E-state index in [1.165, 1.54) is 6.33 Å². The number of hydrogen-bond donors (Lipinski definition) is 2. The molecule has 8 heteroatoms. The fourth-order valence-corrected chi connectivity index (χ4v) is 2.20. The standard InChI is InChI=1S/C17H26N6O2/c1-5-8-25-14-7-6-13(9-15(14)24-4)10-19-17(18-2)20-11-16-21-12-22-23(16)3/h6-7,9,12H,5,8,10-11H2,1-4H3,(H2,18,19,20). The molecular formula is C17H26N6O2. The van der Waals surface area contributed by atoms with E-state index in [2.05, 4.69) is 32.6 Å². The van der Waals surface area contributed by atoms with E-state index in [0.717, 1.165) is 29.3 Å². The summed E-state index contributed by atoms with van der Waals surface area (Å²) in [6.07, 6.45) is 2.49. The van der Waals surface area contributed by atoms with Crippen LogP contribution in [0.2, 0.25) is 0 Å². The van der Waals surface area contributed by atoms with Gasteiger partial charge in [0.05, 0.1) is 20.3 Å². The van der Waals surface area contributed by atoms with Crippen LogP contribution in [0.5, 0.6) is 11.5 Å². The van der Waals surface area contributed by atoms with Crippen molar-refractivity contribution in [3.63, 3.8) is 0 Å². The number of nitrogens with one attached hydrogen (secondary N) is 2. The first kappa shape index (κ1) is 18.6. The van der Waals surface area contributed by atoms with E-state index in [0.29, 0.717) is 25.7 Å². The van der Waals surface area contributed by atoms with Gasteiger partial charge in [0.25, 0.3) is 0 Å². The number of methoxy groups -OCH3 is 1. The molecule has 0 saturated heterocycles. The zero-order chi connectivity index (χ0) is 18.1. The molecular weight excluding hydrogens is 320 g/mol. The molecule has 2 aromatic rings. The van der Waals surface area contributed by atoms with E-state index in [1.54, 1.807) is 18.8 Å². The first-order valence-corrected chi connectivity index (χ1v) is 8.25. The van der Waals surface area contributed by atoms with Crippen LogP contribution in [0.15, 0.2) is 29.5 Å². The van der Waals surface area contributed by atoms with Gasteiger partial charge in [0.15, 0.2) is 17.5 Å². The minimum atomic E-state index is 0.545. The molecule has 0 radical (unpaired) electrons. The number of rotatable bonds is 8. The fraction of sp³-hybridized carbons (Fsp3) is 0.471. The van der Waals surface area contributed by atoms with E-state index < -0.39 is 0 Å². The Labute approximate surface area is 148 Å². The molecule has 1 heterocycles. The van der Waals surface area contributed by atoms with Crippen molar-refractivity contribution in [2.24, 2.45) is 12.0 Å². The van der Waals surface area contributed by atoms with Crippen molar-refractivity contribution in [1.82, 2.24) is 25.4 Å². The molecule has 0 aliphatic heterocycles. The van der Waals surface area contributed by atoms with E-state index >= 15 is 0 Å². The largest absolute Gasteiger partial charge is 0.493 e. The lowest BCUT2D eigenvalue weighted by atomic mass is 10.2. The van der Waals surface area contributed by atoms with Crippen LogP contribution in [0.25, 0.3) is 0 Å². The third-order valence-corrected chi connectivity index (χ3v) is 3.59. The van der Waals surface area contributed by atoms with E-state index in [-0.39, 0.29) is 0 Å². The zero-order valence-corrected chi connectivity index (χ0v) is 15.2. The Hall–Kier alpha value is -2.77. The van der Waals surface area contributed by atoms with Gasteiger partial charge in [-0.25, -0.2) is 4.98 Å². The Kier molecular flexibility index (Phi) is 7.06. The molecule has 0 amide bonds. The lowest BCUT2D eigenvalue weighted by Gasteiger charge is -2.14. The first-order chi connectivity index (χ1) is 12.2. The van der Waals surface area contributed by atoms with Crippen LogP contribution >= 0.6 is 0 Å². The Balaban J connectivity index is 1.91. The molecule has 0 saturated carbocycles. The monoisotopic (exact) mass is 346 g/mol. The van der Waals surface area contributed by atoms with Crippen molar-refractivity contribution in [3.05, 3.63) is 35.9 Å². The average Bonchev–Trinajstić information content (AvgIpc) is 3.05. The van der Waals surface area contributed by atoms with Gasteiger partial charge in [0.1, 0.15) is 12.2 Å². The van der Waals surface area contributed by atoms with Crippen molar-refractivity contribution < 1.29 is 9.47 Å². The van der Waals surface area contributed by atoms with Crippen molar-refractivity contribution >= 4 is 5.96 Å². The topological polar surface area (TPSA) is 85.6 Å². The van der Waals surface area contributed by atoms with Gasteiger partial charge in [-0.3, -0.25) is 9.67 Å². The van der Waals surface area contributed by atoms with Crippen LogP contribution < -0.4 is 20.1 Å². The van der Waals surface area contributed by atoms with Gasteiger partial charge in [0, 0.05) is 20.6 Å². The Morgan fingerprint density at radius 1 is 1.24 bits per heavy atom. The Morgan fingerprint density at radius 3 is 2.68 bits per heavy atom. The quantitative estimate of drug-likeness (QED) is 0.556. The van der Waals surface area contributed by atoms with Crippen molar-refractivity contribution in [3.8, 4) is 11.5 Å². The van der Waals surface area contributed by atoms with Crippen LogP contribution in [0.1, 0.15) is 24.7 Å². The van der Waals surface area contributed by atoms with Crippen LogP contribution in [0, 0.1) is 0 Å². The molecule has 2 rings (SSSR count). The minimum Gasteiger partial charge on any atom is -0.493 e. The molecule has 0 aliphatic rings. The maximum Gasteiger partial charge on any atom is 0.191 e. The highest BCUT2D eigenvalue weighted by Gasteiger charge is 2.07. The van der Waals surface area contributed by atoms with Crippen LogP contribution in [-0.2, 0) is 20.1 Å². The summed E-state index contributed by atoms with van der Waals surface area (Å²) in [6, 6.07) is 5.91. The van der Waals surface area contributed by atoms with Crippen molar-refractivity contribution in [2.75, 3.05) is 20.8 Å². The first-order valence-electron chi connectivity index (χ1n) is 8.25. The number of guanidine groups is 1. The van der Waals surface area contributed by atoms with E-state index in [9.17, 15) is 0 Å². The average molecular weight is 346 g/mol. The number of nitrogens with zero attached hydrogens (tertiary/aromatic N) is 4. The Bertz CT molecular complexity index is 698. The maximum atomic E-state index is 5.67. The molecule has 25 heavy (non-hydrogen) atoms. The minimum absolute atomic E-state index is 0.545. The van der Waals surface area contributed by atoms with Gasteiger partial charge in [0.2, 0.25) is 0 Å². The molecule has 2 N–H and O–H groups in total. The van der Waals surface area contributed by atoms with Gasteiger partial charge >= 0.3 is 0 Å². The smallest absolute Gasteiger partial charge is 0.191 e. The second-order valence-corrected chi connectivity index (χ2v) is 5.41. The van der Waals surface area contributed by atoms with Crippen molar-refractivity contribution in [2.45, 2.75) is 26.4 Å². The predicted octanol–water partition coefficient (Wildman–Crippen LogP) is 1.48. The number of aliphatic imine (C=N–C) groups is 1. The highest BCUT2D eigenvalue weighted by atomic mass is 16.5. The summed E-state index contributed by atoms with van der Waals surface area (Å²) in [7, 11) is 5.23. The number of ether oxygens (including phenoxy) is 2. The van der Waals surface area contributed by atoms with Gasteiger partial charge in [-0.2, -0.15) is 5.10 Å². The highest BCUT2D eigenvalue weighted by molar-refractivity contribution is 5.79.